The second-order valence-corrected chi connectivity index (χ2v) is 5.62. The van der Waals surface area contributed by atoms with E-state index in [0.29, 0.717) is 5.70 Å². The summed E-state index contributed by atoms with van der Waals surface area (Å²) >= 11 is 0. The number of allylic oxidation sites excluding steroid dienone is 1. The number of hydrogen-bond donors (Lipinski definition) is 0. The lowest BCUT2D eigenvalue weighted by atomic mass is 10.0. The summed E-state index contributed by atoms with van der Waals surface area (Å²) in [6.07, 6.45) is 1.82. The number of aromatic nitrogens is 3. The van der Waals surface area contributed by atoms with Crippen molar-refractivity contribution in [2.24, 2.45) is 0 Å². The second kappa shape index (κ2) is 6.42. The minimum absolute atomic E-state index is 0.432. The number of benzene rings is 3. The van der Waals surface area contributed by atoms with E-state index in [4.69, 9.17) is 0 Å². The Bertz CT molecular complexity index is 1080. The standard InChI is InChI=1S/C21H14N4/c22-15-19(25-21-9-5-4-8-20(21)23-24-25)14-16-10-12-18(13-11-16)17-6-2-1-3-7-17/h1-14H/b19-14+. The smallest absolute Gasteiger partial charge is 0.145 e. The molecule has 0 saturated carbocycles. The molecule has 0 atom stereocenters. The lowest BCUT2D eigenvalue weighted by Crippen LogP contribution is -1.97. The first kappa shape index (κ1) is 14.9. The van der Waals surface area contributed by atoms with Crippen LogP contribution in [0, 0.1) is 11.3 Å². The Labute approximate surface area is 145 Å². The third-order valence-electron chi connectivity index (χ3n) is 4.02. The Kier molecular flexibility index (Phi) is 3.82. The maximum Gasteiger partial charge on any atom is 0.145 e. The van der Waals surface area contributed by atoms with Crippen molar-refractivity contribution >= 4 is 22.8 Å². The fourth-order valence-electron chi connectivity index (χ4n) is 2.75. The maximum absolute atomic E-state index is 9.54. The summed E-state index contributed by atoms with van der Waals surface area (Å²) in [6, 6.07) is 28.1. The van der Waals surface area contributed by atoms with Gasteiger partial charge in [-0.2, -0.15) is 5.26 Å². The number of fused-ring (bicyclic) bond motifs is 1. The Morgan fingerprint density at radius 2 is 1.52 bits per heavy atom. The van der Waals surface area contributed by atoms with Crippen molar-refractivity contribution < 1.29 is 0 Å². The van der Waals surface area contributed by atoms with Crippen LogP contribution in [0.15, 0.2) is 78.9 Å². The van der Waals surface area contributed by atoms with Gasteiger partial charge in [0.1, 0.15) is 17.3 Å². The summed E-state index contributed by atoms with van der Waals surface area (Å²) in [4.78, 5) is 0. The highest BCUT2D eigenvalue weighted by atomic mass is 15.4. The predicted molar refractivity (Wildman–Crippen MR) is 99.2 cm³/mol. The van der Waals surface area contributed by atoms with Crippen LogP contribution in [0.4, 0.5) is 0 Å². The molecule has 0 spiro atoms. The molecule has 1 aromatic heterocycles. The van der Waals surface area contributed by atoms with Crippen LogP contribution < -0.4 is 0 Å². The van der Waals surface area contributed by atoms with Gasteiger partial charge < -0.3 is 0 Å². The molecule has 1 heterocycles. The van der Waals surface area contributed by atoms with Gasteiger partial charge in [-0.1, -0.05) is 71.9 Å². The quantitative estimate of drug-likeness (QED) is 0.517. The highest BCUT2D eigenvalue weighted by Crippen LogP contribution is 2.21. The van der Waals surface area contributed by atoms with E-state index >= 15 is 0 Å². The van der Waals surface area contributed by atoms with E-state index in [-0.39, 0.29) is 0 Å². The number of nitriles is 1. The molecule has 0 saturated heterocycles. The first-order valence-corrected chi connectivity index (χ1v) is 7.93. The minimum atomic E-state index is 0.432. The lowest BCUT2D eigenvalue weighted by molar-refractivity contribution is 0.848. The summed E-state index contributed by atoms with van der Waals surface area (Å²) in [5.41, 5.74) is 5.26. The molecule has 4 heteroatoms. The van der Waals surface area contributed by atoms with Gasteiger partial charge in [-0.15, -0.1) is 5.10 Å². The zero-order valence-corrected chi connectivity index (χ0v) is 13.4. The molecular formula is C21H14N4. The molecule has 118 valence electrons. The van der Waals surface area contributed by atoms with Gasteiger partial charge in [0.2, 0.25) is 0 Å². The summed E-state index contributed by atoms with van der Waals surface area (Å²) in [5.74, 6) is 0. The minimum Gasteiger partial charge on any atom is -0.202 e. The molecule has 0 aliphatic rings. The van der Waals surface area contributed by atoms with Gasteiger partial charge in [0.15, 0.2) is 0 Å². The SMILES string of the molecule is N#C/C(=C\c1ccc(-c2ccccc2)cc1)n1nnc2ccccc21. The molecule has 0 N–H and O–H groups in total. The van der Waals surface area contributed by atoms with Crippen molar-refractivity contribution in [1.82, 2.24) is 15.0 Å². The summed E-state index contributed by atoms with van der Waals surface area (Å²) in [5, 5.41) is 17.8. The van der Waals surface area contributed by atoms with Crippen molar-refractivity contribution in [2.75, 3.05) is 0 Å². The van der Waals surface area contributed by atoms with E-state index in [0.717, 1.165) is 22.2 Å². The largest absolute Gasteiger partial charge is 0.202 e. The molecule has 3 aromatic carbocycles. The van der Waals surface area contributed by atoms with E-state index in [1.54, 1.807) is 4.68 Å². The zero-order valence-electron chi connectivity index (χ0n) is 13.4. The van der Waals surface area contributed by atoms with Crippen LogP contribution in [0.1, 0.15) is 5.56 Å². The third kappa shape index (κ3) is 2.91. The Morgan fingerprint density at radius 1 is 0.840 bits per heavy atom. The molecule has 4 aromatic rings. The van der Waals surface area contributed by atoms with Gasteiger partial charge in [0.05, 0.1) is 5.52 Å². The number of rotatable bonds is 3. The molecule has 4 rings (SSSR count). The van der Waals surface area contributed by atoms with Gasteiger partial charge in [0, 0.05) is 0 Å². The maximum atomic E-state index is 9.54. The molecule has 0 aliphatic heterocycles. The highest BCUT2D eigenvalue weighted by Gasteiger charge is 2.08. The van der Waals surface area contributed by atoms with Gasteiger partial charge in [-0.25, -0.2) is 4.68 Å². The van der Waals surface area contributed by atoms with E-state index in [9.17, 15) is 5.26 Å². The Morgan fingerprint density at radius 3 is 2.28 bits per heavy atom. The summed E-state index contributed by atoms with van der Waals surface area (Å²) in [6.45, 7) is 0. The molecule has 0 bridgehead atoms. The van der Waals surface area contributed by atoms with Crippen molar-refractivity contribution in [2.45, 2.75) is 0 Å². The number of nitrogens with zero attached hydrogens (tertiary/aromatic N) is 4. The average Bonchev–Trinajstić information content (AvgIpc) is 3.11. The van der Waals surface area contributed by atoms with Crippen LogP contribution >= 0.6 is 0 Å². The molecule has 4 nitrogen and oxygen atoms in total. The lowest BCUT2D eigenvalue weighted by Gasteiger charge is -2.03. The van der Waals surface area contributed by atoms with Gasteiger partial charge in [-0.3, -0.25) is 0 Å². The third-order valence-corrected chi connectivity index (χ3v) is 4.02. The monoisotopic (exact) mass is 322 g/mol. The highest BCUT2D eigenvalue weighted by molar-refractivity contribution is 5.86. The normalized spacial score (nSPS) is 11.4. The summed E-state index contributed by atoms with van der Waals surface area (Å²) < 4.78 is 1.57. The molecular weight excluding hydrogens is 308 g/mol. The fraction of sp³-hybridized carbons (Fsp3) is 0. The van der Waals surface area contributed by atoms with E-state index in [2.05, 4.69) is 40.6 Å². The van der Waals surface area contributed by atoms with Gasteiger partial charge in [0.25, 0.3) is 0 Å². The first-order valence-electron chi connectivity index (χ1n) is 7.93. The topological polar surface area (TPSA) is 54.5 Å². The molecule has 0 amide bonds. The van der Waals surface area contributed by atoms with Crippen molar-refractivity contribution in [3.63, 3.8) is 0 Å². The van der Waals surface area contributed by atoms with Crippen molar-refractivity contribution in [3.8, 4) is 17.2 Å². The van der Waals surface area contributed by atoms with E-state index in [1.165, 1.54) is 5.56 Å². The Hall–Kier alpha value is -3.71. The number of para-hydroxylation sites is 1. The van der Waals surface area contributed by atoms with Crippen LogP contribution in [-0.4, -0.2) is 15.0 Å². The van der Waals surface area contributed by atoms with Crippen LogP contribution in [-0.2, 0) is 0 Å². The second-order valence-electron chi connectivity index (χ2n) is 5.62. The molecule has 0 aliphatic carbocycles. The average molecular weight is 322 g/mol. The molecule has 0 radical (unpaired) electrons. The van der Waals surface area contributed by atoms with Gasteiger partial charge in [-0.05, 0) is 34.9 Å². The van der Waals surface area contributed by atoms with Crippen LogP contribution in [0.2, 0.25) is 0 Å². The summed E-state index contributed by atoms with van der Waals surface area (Å²) in [7, 11) is 0. The fourth-order valence-corrected chi connectivity index (χ4v) is 2.75. The first-order chi connectivity index (χ1) is 12.3. The van der Waals surface area contributed by atoms with E-state index < -0.39 is 0 Å². The van der Waals surface area contributed by atoms with Crippen molar-refractivity contribution in [3.05, 3.63) is 84.4 Å². The van der Waals surface area contributed by atoms with Crippen LogP contribution in [0.5, 0.6) is 0 Å². The molecule has 0 fully saturated rings. The molecule has 25 heavy (non-hydrogen) atoms. The Balaban J connectivity index is 1.70. The predicted octanol–water partition coefficient (Wildman–Crippen LogP) is 4.62. The van der Waals surface area contributed by atoms with Crippen molar-refractivity contribution in [1.29, 1.82) is 5.26 Å². The van der Waals surface area contributed by atoms with Crippen LogP contribution in [0.3, 0.4) is 0 Å². The van der Waals surface area contributed by atoms with E-state index in [1.807, 2.05) is 60.7 Å². The zero-order chi connectivity index (χ0) is 17.1. The number of hydrogen-bond acceptors (Lipinski definition) is 3. The van der Waals surface area contributed by atoms with Gasteiger partial charge >= 0.3 is 0 Å². The molecule has 0 unspecified atom stereocenters. The van der Waals surface area contributed by atoms with Crippen LogP contribution in [0.25, 0.3) is 33.9 Å².